The number of hydrogen-bond donors (Lipinski definition) is 1. The highest BCUT2D eigenvalue weighted by Gasteiger charge is 2.49. The molecule has 25 heavy (non-hydrogen) atoms. The predicted molar refractivity (Wildman–Crippen MR) is 91.3 cm³/mol. The molecule has 1 amide bonds. The monoisotopic (exact) mass is 341 g/mol. The minimum absolute atomic E-state index is 0.110. The van der Waals surface area contributed by atoms with Gasteiger partial charge in [-0.3, -0.25) is 4.79 Å². The van der Waals surface area contributed by atoms with E-state index in [4.69, 9.17) is 0 Å². The molecule has 0 fully saturated rings. The average molecular weight is 341 g/mol. The van der Waals surface area contributed by atoms with Gasteiger partial charge in [0.05, 0.1) is 5.71 Å². The average Bonchev–Trinajstić information content (AvgIpc) is 2.98. The number of anilines is 1. The van der Waals surface area contributed by atoms with Crippen molar-refractivity contribution in [2.24, 2.45) is 5.10 Å². The Bertz CT molecular complexity index is 896. The highest BCUT2D eigenvalue weighted by atomic mass is 19.1. The Morgan fingerprint density at radius 3 is 2.84 bits per heavy atom. The Morgan fingerprint density at radius 1 is 1.24 bits per heavy atom. The van der Waals surface area contributed by atoms with Crippen LogP contribution in [0, 0.1) is 11.6 Å². The summed E-state index contributed by atoms with van der Waals surface area (Å²) in [5, 5.41) is 9.16. The van der Waals surface area contributed by atoms with Crippen LogP contribution in [0.4, 0.5) is 14.5 Å². The molecular weight excluding hydrogens is 324 g/mol. The number of nitrogens with zero attached hydrogens (tertiary/aromatic N) is 2. The third-order valence-electron chi connectivity index (χ3n) is 4.91. The van der Waals surface area contributed by atoms with Crippen LogP contribution in [0.15, 0.2) is 47.6 Å². The molecule has 2 aliphatic rings. The molecule has 1 unspecified atom stereocenters. The topological polar surface area (TPSA) is 44.7 Å². The summed E-state index contributed by atoms with van der Waals surface area (Å²) in [7, 11) is 0. The second-order valence-corrected chi connectivity index (χ2v) is 6.43. The zero-order chi connectivity index (χ0) is 17.6. The molecule has 2 aliphatic heterocycles. The lowest BCUT2D eigenvalue weighted by molar-refractivity contribution is -0.134. The van der Waals surface area contributed by atoms with Gasteiger partial charge in [-0.1, -0.05) is 18.2 Å². The van der Waals surface area contributed by atoms with Crippen LogP contribution in [-0.2, 0) is 10.3 Å². The van der Waals surface area contributed by atoms with Crippen LogP contribution in [0.25, 0.3) is 0 Å². The fourth-order valence-corrected chi connectivity index (χ4v) is 3.83. The van der Waals surface area contributed by atoms with E-state index in [1.807, 2.05) is 24.3 Å². The lowest BCUT2D eigenvalue weighted by Crippen LogP contribution is -2.46. The summed E-state index contributed by atoms with van der Waals surface area (Å²) in [4.78, 5) is 12.3. The summed E-state index contributed by atoms with van der Waals surface area (Å²) in [6, 6.07) is 11.0. The van der Waals surface area contributed by atoms with Gasteiger partial charge in [-0.25, -0.2) is 13.8 Å². The molecule has 0 aromatic heterocycles. The van der Waals surface area contributed by atoms with Crippen molar-refractivity contribution < 1.29 is 13.6 Å². The fraction of sp³-hybridized carbons (Fsp3) is 0.263. The Kier molecular flexibility index (Phi) is 3.56. The first-order valence-corrected chi connectivity index (χ1v) is 8.18. The van der Waals surface area contributed by atoms with Gasteiger partial charge in [-0.15, -0.1) is 0 Å². The summed E-state index contributed by atoms with van der Waals surface area (Å²) in [6.45, 7) is 2.12. The van der Waals surface area contributed by atoms with E-state index >= 15 is 0 Å². The van der Waals surface area contributed by atoms with E-state index in [1.165, 1.54) is 11.9 Å². The highest BCUT2D eigenvalue weighted by molar-refractivity contribution is 6.04. The van der Waals surface area contributed by atoms with Gasteiger partial charge in [0.15, 0.2) is 0 Å². The predicted octanol–water partition coefficient (Wildman–Crippen LogP) is 3.63. The lowest BCUT2D eigenvalue weighted by atomic mass is 9.78. The number of amides is 1. The molecule has 2 heterocycles. The first-order valence-electron chi connectivity index (χ1n) is 8.18. The quantitative estimate of drug-likeness (QED) is 0.861. The molecule has 0 saturated carbocycles. The van der Waals surface area contributed by atoms with Gasteiger partial charge >= 0.3 is 0 Å². The van der Waals surface area contributed by atoms with E-state index in [0.29, 0.717) is 25.1 Å². The van der Waals surface area contributed by atoms with Gasteiger partial charge in [0.1, 0.15) is 17.2 Å². The Hall–Kier alpha value is -2.76. The van der Waals surface area contributed by atoms with Crippen LogP contribution < -0.4 is 5.32 Å². The molecule has 4 rings (SSSR count). The first kappa shape index (κ1) is 15.7. The largest absolute Gasteiger partial charge is 0.385 e. The molecule has 1 atom stereocenters. The molecular formula is C19H17F2N3O. The minimum atomic E-state index is -0.665. The van der Waals surface area contributed by atoms with E-state index < -0.39 is 17.2 Å². The van der Waals surface area contributed by atoms with Gasteiger partial charge in [-0.2, -0.15) is 5.10 Å². The zero-order valence-corrected chi connectivity index (χ0v) is 13.7. The molecule has 128 valence electrons. The fourth-order valence-electron chi connectivity index (χ4n) is 3.83. The molecule has 0 bridgehead atoms. The summed E-state index contributed by atoms with van der Waals surface area (Å²) in [6.07, 6.45) is 0.999. The van der Waals surface area contributed by atoms with Crippen molar-refractivity contribution in [1.82, 2.24) is 5.01 Å². The van der Waals surface area contributed by atoms with Gasteiger partial charge in [0, 0.05) is 36.7 Å². The molecule has 6 heteroatoms. The van der Waals surface area contributed by atoms with Crippen molar-refractivity contribution in [3.05, 3.63) is 65.2 Å². The lowest BCUT2D eigenvalue weighted by Gasteiger charge is -2.41. The zero-order valence-electron chi connectivity index (χ0n) is 13.7. The standard InChI is InChI=1S/C19H17F2N3O/c1-12(25)24-19(8-9-22-17-5-3-2-4-15(17)19)11-18(23-24)14-10-13(20)6-7-16(14)21/h2-7,10,22H,8-9,11H2,1H3. The summed E-state index contributed by atoms with van der Waals surface area (Å²) < 4.78 is 27.9. The van der Waals surface area contributed by atoms with Gasteiger partial charge in [0.2, 0.25) is 5.91 Å². The van der Waals surface area contributed by atoms with Crippen molar-refractivity contribution in [3.8, 4) is 0 Å². The highest BCUT2D eigenvalue weighted by Crippen LogP contribution is 2.47. The maximum absolute atomic E-state index is 14.2. The first-order chi connectivity index (χ1) is 12.0. The van der Waals surface area contributed by atoms with Crippen LogP contribution in [0.3, 0.4) is 0 Å². The third kappa shape index (κ3) is 2.40. The van der Waals surface area contributed by atoms with Crippen LogP contribution in [0.2, 0.25) is 0 Å². The molecule has 2 aromatic rings. The Labute approximate surface area is 144 Å². The number of hydrogen-bond acceptors (Lipinski definition) is 3. The third-order valence-corrected chi connectivity index (χ3v) is 4.91. The number of carbonyl (C=O) groups is 1. The molecule has 4 nitrogen and oxygen atoms in total. The number of nitrogens with one attached hydrogen (secondary N) is 1. The van der Waals surface area contributed by atoms with E-state index in [9.17, 15) is 13.6 Å². The smallest absolute Gasteiger partial charge is 0.240 e. The number of benzene rings is 2. The maximum Gasteiger partial charge on any atom is 0.240 e. The Morgan fingerprint density at radius 2 is 2.04 bits per heavy atom. The SMILES string of the molecule is CC(=O)N1N=C(c2cc(F)ccc2F)CC12CCNc1ccccc12. The van der Waals surface area contributed by atoms with E-state index in [2.05, 4.69) is 10.4 Å². The molecule has 0 saturated heterocycles. The minimum Gasteiger partial charge on any atom is -0.385 e. The second-order valence-electron chi connectivity index (χ2n) is 6.43. The van der Waals surface area contributed by atoms with Crippen LogP contribution in [-0.4, -0.2) is 23.2 Å². The second kappa shape index (κ2) is 5.65. The van der Waals surface area contributed by atoms with Gasteiger partial charge in [-0.05, 0) is 30.7 Å². The van der Waals surface area contributed by atoms with Crippen molar-refractivity contribution in [1.29, 1.82) is 0 Å². The van der Waals surface area contributed by atoms with Crippen molar-refractivity contribution in [2.75, 3.05) is 11.9 Å². The van der Waals surface area contributed by atoms with E-state index in [0.717, 1.165) is 29.4 Å². The number of fused-ring (bicyclic) bond motifs is 2. The number of para-hydroxylation sites is 1. The van der Waals surface area contributed by atoms with E-state index in [-0.39, 0.29) is 11.5 Å². The molecule has 0 aliphatic carbocycles. The molecule has 2 aromatic carbocycles. The normalized spacial score (nSPS) is 21.7. The number of carbonyl (C=O) groups excluding carboxylic acids is 1. The Balaban J connectivity index is 1.85. The molecule has 1 N–H and O–H groups in total. The molecule has 1 spiro atoms. The van der Waals surface area contributed by atoms with Crippen LogP contribution >= 0.6 is 0 Å². The summed E-state index contributed by atoms with van der Waals surface area (Å²) in [5.74, 6) is -1.29. The van der Waals surface area contributed by atoms with Crippen molar-refractivity contribution in [3.63, 3.8) is 0 Å². The summed E-state index contributed by atoms with van der Waals surface area (Å²) >= 11 is 0. The van der Waals surface area contributed by atoms with E-state index in [1.54, 1.807) is 0 Å². The van der Waals surface area contributed by atoms with Crippen molar-refractivity contribution in [2.45, 2.75) is 25.3 Å². The maximum atomic E-state index is 14.2. The summed E-state index contributed by atoms with van der Waals surface area (Å²) in [5.41, 5.74) is 1.73. The van der Waals surface area contributed by atoms with Crippen molar-refractivity contribution >= 4 is 17.3 Å². The van der Waals surface area contributed by atoms with Crippen LogP contribution in [0.1, 0.15) is 30.9 Å². The van der Waals surface area contributed by atoms with Gasteiger partial charge < -0.3 is 5.32 Å². The number of hydrazone groups is 1. The van der Waals surface area contributed by atoms with Gasteiger partial charge in [0.25, 0.3) is 0 Å². The number of rotatable bonds is 1. The number of halogens is 2. The molecule has 0 radical (unpaired) electrons. The van der Waals surface area contributed by atoms with Crippen LogP contribution in [0.5, 0.6) is 0 Å².